The normalized spacial score (nSPS) is 21.0. The van der Waals surface area contributed by atoms with Gasteiger partial charge in [0.2, 0.25) is 5.91 Å². The van der Waals surface area contributed by atoms with Crippen molar-refractivity contribution >= 4 is 5.91 Å². The zero-order valence-corrected chi connectivity index (χ0v) is 13.0. The van der Waals surface area contributed by atoms with Crippen LogP contribution in [0.4, 0.5) is 0 Å². The van der Waals surface area contributed by atoms with Crippen molar-refractivity contribution in [3.8, 4) is 5.75 Å². The Balaban J connectivity index is 1.60. The Morgan fingerprint density at radius 2 is 2.14 bits per heavy atom. The first-order valence-corrected chi connectivity index (χ1v) is 8.01. The first-order valence-electron chi connectivity index (χ1n) is 8.01. The number of carbonyl (C=O) groups excluding carboxylic acids is 1. The summed E-state index contributed by atoms with van der Waals surface area (Å²) in [7, 11) is 0. The minimum Gasteiger partial charge on any atom is -0.508 e. The van der Waals surface area contributed by atoms with E-state index in [1.807, 2.05) is 12.1 Å². The summed E-state index contributed by atoms with van der Waals surface area (Å²) in [5, 5.41) is 12.8. The fourth-order valence-corrected chi connectivity index (χ4v) is 3.61. The maximum Gasteiger partial charge on any atom is 0.220 e. The number of allylic oxidation sites excluding steroid dienone is 1. The molecule has 0 unspecified atom stereocenters. The number of aromatic hydroxyl groups is 1. The largest absolute Gasteiger partial charge is 0.508 e. The third-order valence-electron chi connectivity index (χ3n) is 5.03. The topological polar surface area (TPSA) is 52.6 Å². The van der Waals surface area contributed by atoms with E-state index in [1.54, 1.807) is 6.07 Å². The maximum atomic E-state index is 11.5. The lowest BCUT2D eigenvalue weighted by atomic mass is 9.77. The van der Waals surface area contributed by atoms with E-state index in [2.05, 4.69) is 22.9 Å². The Morgan fingerprint density at radius 3 is 2.77 bits per heavy atom. The molecule has 1 aromatic rings. The lowest BCUT2D eigenvalue weighted by molar-refractivity contribution is -0.119. The van der Waals surface area contributed by atoms with Crippen LogP contribution in [0.25, 0.3) is 0 Å². The number of piperidine rings is 1. The van der Waals surface area contributed by atoms with E-state index in [1.165, 1.54) is 5.56 Å². The molecule has 1 aromatic carbocycles. The summed E-state index contributed by atoms with van der Waals surface area (Å²) in [5.41, 5.74) is 2.37. The second-order valence-corrected chi connectivity index (χ2v) is 6.69. The van der Waals surface area contributed by atoms with Gasteiger partial charge in [-0.2, -0.15) is 0 Å². The molecule has 1 amide bonds. The van der Waals surface area contributed by atoms with Crippen molar-refractivity contribution in [2.24, 2.45) is 5.41 Å². The average Bonchev–Trinajstić information content (AvgIpc) is 2.87. The molecule has 2 fully saturated rings. The van der Waals surface area contributed by atoms with Crippen molar-refractivity contribution in [1.82, 2.24) is 10.2 Å². The second-order valence-electron chi connectivity index (χ2n) is 6.69. The fraction of sp³-hybridized carbons (Fsp3) is 0.500. The van der Waals surface area contributed by atoms with Crippen LogP contribution >= 0.6 is 0 Å². The molecule has 4 heteroatoms. The predicted molar refractivity (Wildman–Crippen MR) is 86.6 cm³/mol. The first-order chi connectivity index (χ1) is 10.6. The van der Waals surface area contributed by atoms with E-state index in [0.29, 0.717) is 18.6 Å². The second kappa shape index (κ2) is 6.13. The van der Waals surface area contributed by atoms with Crippen molar-refractivity contribution in [2.75, 3.05) is 19.6 Å². The number of rotatable bonds is 4. The number of nitrogens with zero attached hydrogens (tertiary/aromatic N) is 1. The zero-order chi connectivity index (χ0) is 15.6. The van der Waals surface area contributed by atoms with Gasteiger partial charge in [0.25, 0.3) is 0 Å². The molecule has 2 aliphatic heterocycles. The Labute approximate surface area is 131 Å². The summed E-state index contributed by atoms with van der Waals surface area (Å²) < 4.78 is 0. The number of hydrogen-bond donors (Lipinski definition) is 2. The smallest absolute Gasteiger partial charge is 0.220 e. The van der Waals surface area contributed by atoms with E-state index >= 15 is 0 Å². The number of nitrogens with one attached hydrogen (secondary N) is 1. The molecule has 0 bridgehead atoms. The van der Waals surface area contributed by atoms with E-state index in [9.17, 15) is 9.90 Å². The molecule has 2 saturated heterocycles. The van der Waals surface area contributed by atoms with Gasteiger partial charge in [-0.25, -0.2) is 0 Å². The Bertz CT molecular complexity index is 574. The van der Waals surface area contributed by atoms with Crippen molar-refractivity contribution in [2.45, 2.75) is 32.2 Å². The van der Waals surface area contributed by atoms with E-state index in [-0.39, 0.29) is 11.3 Å². The predicted octanol–water partition coefficient (Wildman–Crippen LogP) is 2.22. The molecule has 2 N–H and O–H groups in total. The van der Waals surface area contributed by atoms with Crippen LogP contribution in [0.5, 0.6) is 5.75 Å². The number of phenols is 1. The molecule has 0 aromatic heterocycles. The van der Waals surface area contributed by atoms with Crippen molar-refractivity contribution in [3.05, 3.63) is 42.0 Å². The Hall–Kier alpha value is -1.81. The Kier molecular flexibility index (Phi) is 4.21. The number of benzene rings is 1. The fourth-order valence-electron chi connectivity index (χ4n) is 3.61. The highest BCUT2D eigenvalue weighted by atomic mass is 16.3. The Morgan fingerprint density at radius 1 is 1.36 bits per heavy atom. The van der Waals surface area contributed by atoms with Crippen molar-refractivity contribution in [1.29, 1.82) is 0 Å². The quantitative estimate of drug-likeness (QED) is 0.838. The van der Waals surface area contributed by atoms with Crippen molar-refractivity contribution in [3.63, 3.8) is 0 Å². The van der Waals surface area contributed by atoms with Crippen LogP contribution in [0.1, 0.15) is 30.4 Å². The van der Waals surface area contributed by atoms with Gasteiger partial charge in [-0.15, -0.1) is 6.58 Å². The van der Waals surface area contributed by atoms with Gasteiger partial charge in [0.05, 0.1) is 0 Å². The van der Waals surface area contributed by atoms with Crippen LogP contribution in [0.2, 0.25) is 0 Å². The third kappa shape index (κ3) is 3.17. The molecule has 2 aliphatic rings. The van der Waals surface area contributed by atoms with E-state index < -0.39 is 0 Å². The molecule has 0 aliphatic carbocycles. The average molecular weight is 300 g/mol. The number of hydrogen-bond acceptors (Lipinski definition) is 3. The van der Waals surface area contributed by atoms with Crippen LogP contribution < -0.4 is 5.32 Å². The van der Waals surface area contributed by atoms with Crippen LogP contribution in [0.15, 0.2) is 30.9 Å². The van der Waals surface area contributed by atoms with Crippen LogP contribution in [-0.2, 0) is 17.8 Å². The molecule has 4 nitrogen and oxygen atoms in total. The van der Waals surface area contributed by atoms with Gasteiger partial charge in [-0.3, -0.25) is 9.69 Å². The van der Waals surface area contributed by atoms with Gasteiger partial charge in [-0.05, 0) is 55.0 Å². The number of carbonyl (C=O) groups is 1. The molecular weight excluding hydrogens is 276 g/mol. The summed E-state index contributed by atoms with van der Waals surface area (Å²) in [6, 6.07) is 5.84. The monoisotopic (exact) mass is 300 g/mol. The van der Waals surface area contributed by atoms with Gasteiger partial charge in [0.1, 0.15) is 5.75 Å². The summed E-state index contributed by atoms with van der Waals surface area (Å²) in [4.78, 5) is 13.9. The number of likely N-dealkylation sites (tertiary alicyclic amines) is 1. The van der Waals surface area contributed by atoms with Gasteiger partial charge in [0, 0.05) is 19.5 Å². The molecule has 0 radical (unpaired) electrons. The van der Waals surface area contributed by atoms with Crippen LogP contribution in [0, 0.1) is 5.41 Å². The molecule has 1 spiro atoms. The SMILES string of the molecule is C=CCc1cc(CN2CCC3(CC2)CNC(=O)C3)ccc1O. The van der Waals surface area contributed by atoms with Gasteiger partial charge >= 0.3 is 0 Å². The summed E-state index contributed by atoms with van der Waals surface area (Å²) >= 11 is 0. The van der Waals surface area contributed by atoms with E-state index in [4.69, 9.17) is 0 Å². The summed E-state index contributed by atoms with van der Waals surface area (Å²) in [5.74, 6) is 0.554. The number of phenolic OH excluding ortho intramolecular Hbond substituents is 1. The molecule has 0 atom stereocenters. The lowest BCUT2D eigenvalue weighted by Crippen LogP contribution is -2.40. The minimum absolute atomic E-state index is 0.205. The molecule has 3 rings (SSSR count). The van der Waals surface area contributed by atoms with E-state index in [0.717, 1.165) is 44.6 Å². The summed E-state index contributed by atoms with van der Waals surface area (Å²) in [6.07, 6.45) is 5.38. The molecular formula is C18H24N2O2. The highest BCUT2D eigenvalue weighted by molar-refractivity contribution is 5.79. The molecule has 118 valence electrons. The highest BCUT2D eigenvalue weighted by Gasteiger charge is 2.40. The maximum absolute atomic E-state index is 11.5. The number of amides is 1. The van der Waals surface area contributed by atoms with Crippen LogP contribution in [0.3, 0.4) is 0 Å². The lowest BCUT2D eigenvalue weighted by Gasteiger charge is -2.38. The van der Waals surface area contributed by atoms with Crippen molar-refractivity contribution < 1.29 is 9.90 Å². The minimum atomic E-state index is 0.205. The van der Waals surface area contributed by atoms with Crippen LogP contribution in [-0.4, -0.2) is 35.5 Å². The van der Waals surface area contributed by atoms with Gasteiger partial charge in [-0.1, -0.05) is 18.2 Å². The van der Waals surface area contributed by atoms with Gasteiger partial charge < -0.3 is 10.4 Å². The zero-order valence-electron chi connectivity index (χ0n) is 13.0. The highest BCUT2D eigenvalue weighted by Crippen LogP contribution is 2.37. The third-order valence-corrected chi connectivity index (χ3v) is 5.03. The standard InChI is InChI=1S/C18H24N2O2/c1-2-3-15-10-14(4-5-16(15)21)12-20-8-6-18(7-9-20)11-17(22)19-13-18/h2,4-5,10,21H,1,3,6-9,11-13H2,(H,19,22). The van der Waals surface area contributed by atoms with Gasteiger partial charge in [0.15, 0.2) is 0 Å². The molecule has 22 heavy (non-hydrogen) atoms. The molecule has 0 saturated carbocycles. The molecule has 2 heterocycles. The summed E-state index contributed by atoms with van der Waals surface area (Å²) in [6.45, 7) is 7.56. The first kappa shape index (κ1) is 15.1.